The first-order chi connectivity index (χ1) is 18.8. The van der Waals surface area contributed by atoms with Gasteiger partial charge in [-0.25, -0.2) is 0 Å². The molecule has 212 valence electrons. The summed E-state index contributed by atoms with van der Waals surface area (Å²) in [4.78, 5) is 0. The van der Waals surface area contributed by atoms with Gasteiger partial charge in [0, 0.05) is 0 Å². The van der Waals surface area contributed by atoms with Gasteiger partial charge in [-0.05, 0) is 44.5 Å². The smallest absolute Gasteiger partial charge is 0.0656 e. The minimum Gasteiger partial charge on any atom is -0.0656 e. The van der Waals surface area contributed by atoms with Crippen LogP contribution < -0.4 is 20.7 Å². The van der Waals surface area contributed by atoms with Gasteiger partial charge in [0.05, 0.1) is 37.7 Å². The summed E-state index contributed by atoms with van der Waals surface area (Å²) in [6.45, 7) is 30.0. The highest BCUT2D eigenvalue weighted by molar-refractivity contribution is 6.90. The normalized spacial score (nSPS) is 15.5. The molecule has 0 nitrogen and oxygen atoms in total. The van der Waals surface area contributed by atoms with E-state index in [2.05, 4.69) is 151 Å². The number of hydrogen-bond acceptors (Lipinski definition) is 0. The molecule has 0 N–H and O–H groups in total. The molecule has 0 radical (unpaired) electrons. The largest absolute Gasteiger partial charge is 0.0776 e. The fourth-order valence-corrected chi connectivity index (χ4v) is 11.7. The van der Waals surface area contributed by atoms with Gasteiger partial charge in [-0.1, -0.05) is 172 Å². The summed E-state index contributed by atoms with van der Waals surface area (Å²) in [5.74, 6) is 0. The Balaban J connectivity index is 1.83. The molecule has 1 spiro atoms. The summed E-state index contributed by atoms with van der Waals surface area (Å²) < 4.78 is 0. The third-order valence-corrected chi connectivity index (χ3v) is 17.9. The Labute approximate surface area is 253 Å². The van der Waals surface area contributed by atoms with Gasteiger partial charge in [-0.3, -0.25) is 0 Å². The van der Waals surface area contributed by atoms with Crippen molar-refractivity contribution in [1.29, 1.82) is 0 Å². The van der Waals surface area contributed by atoms with Gasteiger partial charge in [0.15, 0.2) is 0 Å². The maximum atomic E-state index is 2.65. The molecule has 2 aliphatic rings. The number of benzene rings is 4. The fraction of sp³-hybridized carbons (Fsp3) is 0.351. The average Bonchev–Trinajstić information content (AvgIpc) is 3.32. The predicted octanol–water partition coefficient (Wildman–Crippen LogP) is 8.21. The van der Waals surface area contributed by atoms with Gasteiger partial charge in [0.25, 0.3) is 0 Å². The van der Waals surface area contributed by atoms with Gasteiger partial charge in [-0.15, -0.1) is 0 Å². The van der Waals surface area contributed by atoms with Crippen LogP contribution in [0.2, 0.25) is 78.6 Å². The van der Waals surface area contributed by atoms with Crippen LogP contribution in [0.3, 0.4) is 0 Å². The lowest BCUT2D eigenvalue weighted by molar-refractivity contribution is 0.796. The molecule has 0 bridgehead atoms. The minimum atomic E-state index is -1.53. The highest BCUT2D eigenvalue weighted by Gasteiger charge is 2.53. The quantitative estimate of drug-likeness (QED) is 0.178. The first-order valence-electron chi connectivity index (χ1n) is 15.5. The monoisotopic (exact) mass is 604 g/mol. The number of hydrogen-bond donors (Lipinski definition) is 0. The number of rotatable bonds is 4. The minimum absolute atomic E-state index is 0.258. The summed E-state index contributed by atoms with van der Waals surface area (Å²) in [7, 11) is -6.13. The number of fused-ring (bicyclic) bond motifs is 10. The van der Waals surface area contributed by atoms with E-state index < -0.39 is 32.3 Å². The van der Waals surface area contributed by atoms with Gasteiger partial charge in [0.1, 0.15) is 0 Å². The van der Waals surface area contributed by atoms with Crippen LogP contribution in [0.1, 0.15) is 22.3 Å². The summed E-state index contributed by atoms with van der Waals surface area (Å²) in [6.07, 6.45) is 0. The van der Waals surface area contributed by atoms with Crippen LogP contribution in [0.25, 0.3) is 22.3 Å². The third kappa shape index (κ3) is 4.31. The standard InChI is InChI=1S/C37H48Si4/c1-38(2,3)25-13-17-29-30-18-14-26(39(4,5)6)22-34(30)37(33(29)21-25)35-23-27(40(7,8)9)15-19-31(35)32-20-16-28(24-36(32)37)41(10,11)12/h13-24H,1-12H3. The van der Waals surface area contributed by atoms with E-state index in [0.717, 1.165) is 0 Å². The van der Waals surface area contributed by atoms with Crippen molar-refractivity contribution in [2.45, 2.75) is 84.0 Å². The van der Waals surface area contributed by atoms with Crippen molar-refractivity contribution in [3.05, 3.63) is 95.1 Å². The Morgan fingerprint density at radius 3 is 0.683 bits per heavy atom. The van der Waals surface area contributed by atoms with Crippen molar-refractivity contribution in [2.75, 3.05) is 0 Å². The van der Waals surface area contributed by atoms with Gasteiger partial charge in [0.2, 0.25) is 0 Å². The van der Waals surface area contributed by atoms with Gasteiger partial charge in [-0.2, -0.15) is 0 Å². The molecule has 0 aliphatic heterocycles. The first kappa shape index (κ1) is 28.8. The van der Waals surface area contributed by atoms with Crippen molar-refractivity contribution in [3.63, 3.8) is 0 Å². The first-order valence-corrected chi connectivity index (χ1v) is 29.5. The molecule has 0 saturated carbocycles. The molecule has 0 aromatic heterocycles. The van der Waals surface area contributed by atoms with E-state index in [0.29, 0.717) is 0 Å². The van der Waals surface area contributed by atoms with Crippen molar-refractivity contribution in [2.24, 2.45) is 0 Å². The maximum absolute atomic E-state index is 2.65. The van der Waals surface area contributed by atoms with E-state index >= 15 is 0 Å². The second kappa shape index (κ2) is 8.88. The molecular weight excluding hydrogens is 557 g/mol. The summed E-state index contributed by atoms with van der Waals surface area (Å²) >= 11 is 0. The van der Waals surface area contributed by atoms with Crippen molar-refractivity contribution < 1.29 is 0 Å². The van der Waals surface area contributed by atoms with E-state index in [-0.39, 0.29) is 5.41 Å². The molecular formula is C37H48Si4. The zero-order valence-corrected chi connectivity index (χ0v) is 31.4. The highest BCUT2D eigenvalue weighted by Crippen LogP contribution is 2.62. The lowest BCUT2D eigenvalue weighted by Crippen LogP contribution is -2.42. The Hall–Kier alpha value is -2.25. The third-order valence-electron chi connectivity index (χ3n) is 9.74. The summed E-state index contributed by atoms with van der Waals surface area (Å²) in [6, 6.07) is 30.3. The maximum Gasteiger partial charge on any atom is 0.0776 e. The van der Waals surface area contributed by atoms with Crippen LogP contribution in [-0.2, 0) is 5.41 Å². The van der Waals surface area contributed by atoms with E-state index in [4.69, 9.17) is 0 Å². The van der Waals surface area contributed by atoms with Crippen LogP contribution in [0.4, 0.5) is 0 Å². The Kier molecular flexibility index (Phi) is 6.25. The van der Waals surface area contributed by atoms with Crippen molar-refractivity contribution in [3.8, 4) is 22.3 Å². The molecule has 4 aromatic rings. The zero-order valence-electron chi connectivity index (χ0n) is 27.4. The second-order valence-electron chi connectivity index (χ2n) is 16.8. The zero-order chi connectivity index (χ0) is 29.9. The van der Waals surface area contributed by atoms with E-state index in [9.17, 15) is 0 Å². The van der Waals surface area contributed by atoms with Gasteiger partial charge < -0.3 is 0 Å². The van der Waals surface area contributed by atoms with E-state index in [1.165, 1.54) is 44.5 Å². The lowest BCUT2D eigenvalue weighted by atomic mass is 9.70. The van der Waals surface area contributed by atoms with Crippen LogP contribution in [-0.4, -0.2) is 32.3 Å². The van der Waals surface area contributed by atoms with Crippen LogP contribution in [0.15, 0.2) is 72.8 Å². The van der Waals surface area contributed by atoms with Crippen LogP contribution >= 0.6 is 0 Å². The lowest BCUT2D eigenvalue weighted by Gasteiger charge is -2.34. The molecule has 4 heteroatoms. The molecule has 6 rings (SSSR count). The SMILES string of the molecule is C[Si](C)(C)c1ccc2c(c1)C1(c3cc([Si](C)(C)C)ccc3-2)c2cc([Si](C)(C)C)ccc2-c2ccc([Si](C)(C)C)cc21. The molecule has 0 fully saturated rings. The fourth-order valence-electron chi connectivity index (χ4n) is 7.09. The molecule has 0 atom stereocenters. The Morgan fingerprint density at radius 2 is 0.512 bits per heavy atom. The summed E-state index contributed by atoms with van der Waals surface area (Å²) in [5.41, 5.74) is 11.6. The van der Waals surface area contributed by atoms with E-state index in [1.54, 1.807) is 20.7 Å². The Bertz CT molecular complexity index is 1460. The molecule has 2 aliphatic carbocycles. The second-order valence-corrected chi connectivity index (χ2v) is 37.1. The van der Waals surface area contributed by atoms with Gasteiger partial charge >= 0.3 is 0 Å². The molecule has 0 saturated heterocycles. The molecule has 0 amide bonds. The van der Waals surface area contributed by atoms with Crippen molar-refractivity contribution >= 4 is 53.0 Å². The average molecular weight is 605 g/mol. The molecule has 0 heterocycles. The molecule has 0 unspecified atom stereocenters. The van der Waals surface area contributed by atoms with Crippen LogP contribution in [0.5, 0.6) is 0 Å². The van der Waals surface area contributed by atoms with Crippen LogP contribution in [0, 0.1) is 0 Å². The topological polar surface area (TPSA) is 0 Å². The Morgan fingerprint density at radius 1 is 0.317 bits per heavy atom. The molecule has 4 aromatic carbocycles. The molecule has 41 heavy (non-hydrogen) atoms. The summed E-state index contributed by atoms with van der Waals surface area (Å²) in [5, 5.41) is 6.25. The predicted molar refractivity (Wildman–Crippen MR) is 195 cm³/mol. The van der Waals surface area contributed by atoms with E-state index in [1.807, 2.05) is 0 Å². The van der Waals surface area contributed by atoms with Crippen molar-refractivity contribution in [1.82, 2.24) is 0 Å². The highest BCUT2D eigenvalue weighted by atomic mass is 28.3.